The molecule has 4 rings (SSSR count). The fourth-order valence-corrected chi connectivity index (χ4v) is 4.41. The number of ether oxygens (including phenoxy) is 2. The van der Waals surface area contributed by atoms with Crippen LogP contribution >= 0.6 is 0 Å². The fraction of sp³-hybridized carbons (Fsp3) is 0.360. The molecular formula is C25H28N4O6. The van der Waals surface area contributed by atoms with Crippen molar-refractivity contribution in [3.63, 3.8) is 0 Å². The predicted octanol–water partition coefficient (Wildman–Crippen LogP) is 2.49. The van der Waals surface area contributed by atoms with Crippen LogP contribution in [0.1, 0.15) is 35.7 Å². The molecular weight excluding hydrogens is 452 g/mol. The number of benzene rings is 2. The summed E-state index contributed by atoms with van der Waals surface area (Å²) in [5, 5.41) is 5.47. The highest BCUT2D eigenvalue weighted by Crippen LogP contribution is 2.32. The second kappa shape index (κ2) is 9.65. The van der Waals surface area contributed by atoms with Crippen LogP contribution in [0.3, 0.4) is 0 Å². The molecule has 0 spiro atoms. The summed E-state index contributed by atoms with van der Waals surface area (Å²) in [5.74, 6) is -1.01. The molecule has 2 fully saturated rings. The summed E-state index contributed by atoms with van der Waals surface area (Å²) >= 11 is 0. The van der Waals surface area contributed by atoms with E-state index in [-0.39, 0.29) is 5.56 Å². The van der Waals surface area contributed by atoms with E-state index in [1.54, 1.807) is 49.4 Å². The standard InChI is InChI=1S/C25H28N4O6/c1-25(17-7-9-18(34-2)10-8-17)23(32)29(24(33)27-25)15-21(30)26-19-14-16(22(31)35-3)6-11-20(19)28-12-4-5-13-28/h6-11,14H,4-5,12-13,15H2,1-3H3,(H,26,30)(H,27,33). The van der Waals surface area contributed by atoms with Crippen molar-refractivity contribution in [2.24, 2.45) is 0 Å². The number of nitrogens with one attached hydrogen (secondary N) is 2. The van der Waals surface area contributed by atoms with Crippen LogP contribution < -0.4 is 20.3 Å². The van der Waals surface area contributed by atoms with Crippen molar-refractivity contribution < 1.29 is 28.7 Å². The lowest BCUT2D eigenvalue weighted by Crippen LogP contribution is -2.42. The Kier molecular flexibility index (Phi) is 6.63. The van der Waals surface area contributed by atoms with Crippen molar-refractivity contribution in [2.45, 2.75) is 25.3 Å². The van der Waals surface area contributed by atoms with Crippen LogP contribution in [0.2, 0.25) is 0 Å². The Bertz CT molecular complexity index is 1160. The molecule has 1 atom stereocenters. The van der Waals surface area contributed by atoms with E-state index in [1.165, 1.54) is 14.2 Å². The number of methoxy groups -OCH3 is 2. The van der Waals surface area contributed by atoms with E-state index in [1.807, 2.05) is 0 Å². The first kappa shape index (κ1) is 24.1. The molecule has 10 nitrogen and oxygen atoms in total. The van der Waals surface area contributed by atoms with Crippen molar-refractivity contribution in [1.29, 1.82) is 0 Å². The first-order valence-corrected chi connectivity index (χ1v) is 11.3. The molecule has 4 amide bonds. The molecule has 0 bridgehead atoms. The summed E-state index contributed by atoms with van der Waals surface area (Å²) in [5.41, 5.74) is 0.734. The van der Waals surface area contributed by atoms with Crippen LogP contribution in [0, 0.1) is 0 Å². The van der Waals surface area contributed by atoms with Gasteiger partial charge in [0.1, 0.15) is 17.8 Å². The Morgan fingerprint density at radius 2 is 1.74 bits per heavy atom. The van der Waals surface area contributed by atoms with Crippen molar-refractivity contribution in [2.75, 3.05) is 44.1 Å². The monoisotopic (exact) mass is 480 g/mol. The third kappa shape index (κ3) is 4.64. The Hall–Kier alpha value is -4.08. The van der Waals surface area contributed by atoms with Crippen LogP contribution in [0.4, 0.5) is 16.2 Å². The van der Waals surface area contributed by atoms with Gasteiger partial charge >= 0.3 is 12.0 Å². The van der Waals surface area contributed by atoms with Gasteiger partial charge in [0, 0.05) is 13.1 Å². The Morgan fingerprint density at radius 1 is 1.06 bits per heavy atom. The maximum Gasteiger partial charge on any atom is 0.337 e. The van der Waals surface area contributed by atoms with Crippen LogP contribution in [0.15, 0.2) is 42.5 Å². The third-order valence-electron chi connectivity index (χ3n) is 6.38. The van der Waals surface area contributed by atoms with Crippen molar-refractivity contribution in [3.8, 4) is 5.75 Å². The zero-order valence-electron chi connectivity index (χ0n) is 19.9. The molecule has 2 aliphatic heterocycles. The highest BCUT2D eigenvalue weighted by Gasteiger charge is 2.49. The van der Waals surface area contributed by atoms with E-state index in [2.05, 4.69) is 15.5 Å². The van der Waals surface area contributed by atoms with E-state index >= 15 is 0 Å². The molecule has 0 saturated carbocycles. The molecule has 2 aliphatic rings. The molecule has 0 aromatic heterocycles. The SMILES string of the molecule is COC(=O)c1ccc(N2CCCC2)c(NC(=O)CN2C(=O)NC(C)(c3ccc(OC)cc3)C2=O)c1. The zero-order valence-corrected chi connectivity index (χ0v) is 19.9. The first-order chi connectivity index (χ1) is 16.8. The number of nitrogens with zero attached hydrogens (tertiary/aromatic N) is 2. The third-order valence-corrected chi connectivity index (χ3v) is 6.38. The van der Waals surface area contributed by atoms with Gasteiger partial charge in [-0.1, -0.05) is 12.1 Å². The van der Waals surface area contributed by atoms with Gasteiger partial charge in [0.05, 0.1) is 31.2 Å². The summed E-state index contributed by atoms with van der Waals surface area (Å²) < 4.78 is 9.95. The number of anilines is 2. The Labute approximate surface area is 203 Å². The number of rotatable bonds is 7. The number of hydrogen-bond donors (Lipinski definition) is 2. The summed E-state index contributed by atoms with van der Waals surface area (Å²) in [6, 6.07) is 11.1. The highest BCUT2D eigenvalue weighted by atomic mass is 16.5. The molecule has 2 N–H and O–H groups in total. The maximum absolute atomic E-state index is 13.2. The van der Waals surface area contributed by atoms with Gasteiger partial charge in [-0.25, -0.2) is 9.59 Å². The number of carbonyl (C=O) groups is 4. The number of imide groups is 1. The molecule has 2 aromatic rings. The molecule has 35 heavy (non-hydrogen) atoms. The van der Waals surface area contributed by atoms with Crippen LogP contribution in [0.25, 0.3) is 0 Å². The van der Waals surface area contributed by atoms with E-state index in [9.17, 15) is 19.2 Å². The number of carbonyl (C=O) groups excluding carboxylic acids is 4. The van der Waals surface area contributed by atoms with Gasteiger partial charge in [0.15, 0.2) is 0 Å². The number of hydrogen-bond acceptors (Lipinski definition) is 7. The predicted molar refractivity (Wildman–Crippen MR) is 128 cm³/mol. The lowest BCUT2D eigenvalue weighted by molar-refractivity contribution is -0.133. The summed E-state index contributed by atoms with van der Waals surface area (Å²) in [7, 11) is 2.82. The first-order valence-electron chi connectivity index (χ1n) is 11.3. The summed E-state index contributed by atoms with van der Waals surface area (Å²) in [6.45, 7) is 2.78. The zero-order chi connectivity index (χ0) is 25.2. The molecule has 0 aliphatic carbocycles. The van der Waals surface area contributed by atoms with Gasteiger partial charge in [-0.3, -0.25) is 14.5 Å². The van der Waals surface area contributed by atoms with E-state index in [0.29, 0.717) is 17.0 Å². The van der Waals surface area contributed by atoms with Crippen molar-refractivity contribution >= 4 is 35.2 Å². The second-order valence-electron chi connectivity index (χ2n) is 8.64. The second-order valence-corrected chi connectivity index (χ2v) is 8.64. The molecule has 10 heteroatoms. The van der Waals surface area contributed by atoms with Gasteiger partial charge in [-0.15, -0.1) is 0 Å². The van der Waals surface area contributed by atoms with E-state index < -0.39 is 35.9 Å². The Morgan fingerprint density at radius 3 is 2.37 bits per heavy atom. The average molecular weight is 481 g/mol. The largest absolute Gasteiger partial charge is 0.497 e. The molecule has 2 saturated heterocycles. The van der Waals surface area contributed by atoms with Gasteiger partial charge in [-0.05, 0) is 55.7 Å². The molecule has 1 unspecified atom stereocenters. The summed E-state index contributed by atoms with van der Waals surface area (Å²) in [4.78, 5) is 53.9. The van der Waals surface area contributed by atoms with E-state index in [4.69, 9.17) is 9.47 Å². The molecule has 184 valence electrons. The van der Waals surface area contributed by atoms with Gasteiger partial charge < -0.3 is 25.0 Å². The Balaban J connectivity index is 1.53. The number of urea groups is 1. The fourth-order valence-electron chi connectivity index (χ4n) is 4.41. The van der Waals surface area contributed by atoms with Crippen molar-refractivity contribution in [3.05, 3.63) is 53.6 Å². The van der Waals surface area contributed by atoms with E-state index in [0.717, 1.165) is 36.5 Å². The topological polar surface area (TPSA) is 117 Å². The summed E-state index contributed by atoms with van der Waals surface area (Å²) in [6.07, 6.45) is 2.05. The minimum atomic E-state index is -1.31. The molecule has 2 heterocycles. The number of esters is 1. The lowest BCUT2D eigenvalue weighted by atomic mass is 9.92. The average Bonchev–Trinajstić information content (AvgIpc) is 3.47. The van der Waals surface area contributed by atoms with Gasteiger partial charge in [0.25, 0.3) is 5.91 Å². The number of amides is 4. The maximum atomic E-state index is 13.2. The molecule has 0 radical (unpaired) electrons. The minimum absolute atomic E-state index is 0.285. The van der Waals surface area contributed by atoms with Crippen LogP contribution in [0.5, 0.6) is 5.75 Å². The lowest BCUT2D eigenvalue weighted by Gasteiger charge is -2.23. The normalized spacial score (nSPS) is 19.5. The highest BCUT2D eigenvalue weighted by molar-refractivity contribution is 6.10. The molecule has 2 aromatic carbocycles. The van der Waals surface area contributed by atoms with Crippen LogP contribution in [-0.2, 0) is 19.9 Å². The van der Waals surface area contributed by atoms with Crippen molar-refractivity contribution in [1.82, 2.24) is 10.2 Å². The van der Waals surface area contributed by atoms with Gasteiger partial charge in [-0.2, -0.15) is 0 Å². The quantitative estimate of drug-likeness (QED) is 0.462. The minimum Gasteiger partial charge on any atom is -0.497 e. The van der Waals surface area contributed by atoms with Gasteiger partial charge in [0.2, 0.25) is 5.91 Å². The smallest absolute Gasteiger partial charge is 0.337 e. The van der Waals surface area contributed by atoms with Crippen LogP contribution in [-0.4, -0.2) is 62.6 Å².